The summed E-state index contributed by atoms with van der Waals surface area (Å²) in [7, 11) is 0. The molecule has 0 aliphatic heterocycles. The van der Waals surface area contributed by atoms with Gasteiger partial charge in [-0.15, -0.1) is 0 Å². The molecule has 5 heteroatoms. The van der Waals surface area contributed by atoms with Crippen molar-refractivity contribution in [3.8, 4) is 16.9 Å². The maximum absolute atomic E-state index is 12.6. The first-order valence-electron chi connectivity index (χ1n) is 7.74. The zero-order valence-electron chi connectivity index (χ0n) is 14.0. The third-order valence-electron chi connectivity index (χ3n) is 3.55. The quantitative estimate of drug-likeness (QED) is 0.497. The van der Waals surface area contributed by atoms with Crippen molar-refractivity contribution in [2.24, 2.45) is 0 Å². The molecule has 1 unspecified atom stereocenters. The van der Waals surface area contributed by atoms with Crippen molar-refractivity contribution in [1.29, 1.82) is 0 Å². The molecule has 1 N–H and O–H groups in total. The second-order valence-corrected chi connectivity index (χ2v) is 6.33. The predicted molar refractivity (Wildman–Crippen MR) is 89.0 cm³/mol. The van der Waals surface area contributed by atoms with Crippen LogP contribution in [0.15, 0.2) is 48.5 Å². The van der Waals surface area contributed by atoms with Gasteiger partial charge in [-0.2, -0.15) is 0 Å². The van der Waals surface area contributed by atoms with Crippen LogP contribution >= 0.6 is 0 Å². The van der Waals surface area contributed by atoms with E-state index in [4.69, 9.17) is 4.74 Å². The molecule has 24 heavy (non-hydrogen) atoms. The molecule has 1 radical (unpaired) electrons. The van der Waals surface area contributed by atoms with Crippen molar-refractivity contribution in [3.63, 3.8) is 0 Å². The highest BCUT2D eigenvalue weighted by molar-refractivity contribution is 5.99. The Labute approximate surface area is 141 Å². The minimum atomic E-state index is -0.840. The highest BCUT2D eigenvalue weighted by Crippen LogP contribution is 2.34. The first kappa shape index (κ1) is 18.0. The van der Waals surface area contributed by atoms with Crippen LogP contribution < -0.4 is 4.89 Å². The molecule has 5 nitrogen and oxygen atoms in total. The van der Waals surface area contributed by atoms with Crippen LogP contribution in [-0.4, -0.2) is 22.8 Å². The summed E-state index contributed by atoms with van der Waals surface area (Å²) >= 11 is 0. The van der Waals surface area contributed by atoms with E-state index in [0.717, 1.165) is 0 Å². The van der Waals surface area contributed by atoms with Gasteiger partial charge in [-0.05, 0) is 38.5 Å². The zero-order valence-corrected chi connectivity index (χ0v) is 14.0. The van der Waals surface area contributed by atoms with Gasteiger partial charge in [0.05, 0.1) is 11.7 Å². The van der Waals surface area contributed by atoms with E-state index in [1.807, 2.05) is 18.2 Å². The number of esters is 1. The summed E-state index contributed by atoms with van der Waals surface area (Å²) in [5, 5.41) is 20.6. The van der Waals surface area contributed by atoms with E-state index in [9.17, 15) is 15.2 Å². The Morgan fingerprint density at radius 2 is 1.79 bits per heavy atom. The lowest BCUT2D eigenvalue weighted by Crippen LogP contribution is -2.32. The number of benzene rings is 2. The van der Waals surface area contributed by atoms with Crippen molar-refractivity contribution in [2.45, 2.75) is 38.9 Å². The van der Waals surface area contributed by atoms with Gasteiger partial charge in [0.25, 0.3) is 0 Å². The molecule has 0 spiro atoms. The molecule has 2 aromatic rings. The molecule has 0 heterocycles. The smallest absolute Gasteiger partial charge is 0.339 e. The standard InChI is InChI=1S/C19H21O5/c1-13(20)12-19(2,3)23-18(21)15-10-7-11-16(24-22)17(15)14-8-5-4-6-9-14/h4-11,13,20H,12H2,1-3H3. The van der Waals surface area contributed by atoms with E-state index in [1.54, 1.807) is 45.0 Å². The van der Waals surface area contributed by atoms with Gasteiger partial charge >= 0.3 is 5.97 Å². The lowest BCUT2D eigenvalue weighted by atomic mass is 9.97. The molecule has 0 fully saturated rings. The van der Waals surface area contributed by atoms with E-state index < -0.39 is 17.7 Å². The minimum Gasteiger partial charge on any atom is -0.456 e. The highest BCUT2D eigenvalue weighted by Gasteiger charge is 2.28. The fraction of sp³-hybridized carbons (Fsp3) is 0.316. The van der Waals surface area contributed by atoms with Gasteiger partial charge in [0.1, 0.15) is 5.60 Å². The molecule has 0 amide bonds. The van der Waals surface area contributed by atoms with Crippen LogP contribution in [0.3, 0.4) is 0 Å². The highest BCUT2D eigenvalue weighted by atomic mass is 17.1. The summed E-state index contributed by atoms with van der Waals surface area (Å²) in [5.74, 6) is -0.512. The summed E-state index contributed by atoms with van der Waals surface area (Å²) in [6.07, 6.45) is -0.297. The third kappa shape index (κ3) is 4.34. The first-order chi connectivity index (χ1) is 11.3. The molecular weight excluding hydrogens is 308 g/mol. The number of aliphatic hydroxyl groups is 1. The SMILES string of the molecule is CC(O)CC(C)(C)OC(=O)c1cccc(O[O])c1-c1ccccc1. The minimum absolute atomic E-state index is 0.0592. The molecule has 2 rings (SSSR count). The second-order valence-electron chi connectivity index (χ2n) is 6.33. The van der Waals surface area contributed by atoms with Crippen LogP contribution in [0, 0.1) is 0 Å². The van der Waals surface area contributed by atoms with E-state index in [2.05, 4.69) is 4.89 Å². The largest absolute Gasteiger partial charge is 0.456 e. The summed E-state index contributed by atoms with van der Waals surface area (Å²) in [4.78, 5) is 16.8. The predicted octanol–water partition coefficient (Wildman–Crippen LogP) is 3.78. The van der Waals surface area contributed by atoms with Crippen molar-refractivity contribution >= 4 is 5.97 Å². The van der Waals surface area contributed by atoms with Crippen molar-refractivity contribution in [1.82, 2.24) is 0 Å². The van der Waals surface area contributed by atoms with Gasteiger partial charge in [0, 0.05) is 17.2 Å². The lowest BCUT2D eigenvalue weighted by Gasteiger charge is -2.27. The molecule has 0 aliphatic rings. The second kappa shape index (κ2) is 7.47. The summed E-state index contributed by atoms with van der Waals surface area (Å²) in [5.41, 5.74) is 0.483. The molecule has 1 atom stereocenters. The van der Waals surface area contributed by atoms with Crippen molar-refractivity contribution in [3.05, 3.63) is 54.1 Å². The maximum Gasteiger partial charge on any atom is 0.339 e. The maximum atomic E-state index is 12.6. The van der Waals surface area contributed by atoms with Gasteiger partial charge in [-0.25, -0.2) is 4.79 Å². The first-order valence-corrected chi connectivity index (χ1v) is 7.74. The molecule has 0 saturated carbocycles. The molecule has 0 bridgehead atoms. The van der Waals surface area contributed by atoms with E-state index >= 15 is 0 Å². The fourth-order valence-corrected chi connectivity index (χ4v) is 2.73. The fourth-order valence-electron chi connectivity index (χ4n) is 2.73. The Kier molecular flexibility index (Phi) is 5.59. The average Bonchev–Trinajstić information content (AvgIpc) is 2.53. The average molecular weight is 329 g/mol. The van der Waals surface area contributed by atoms with Crippen LogP contribution in [0.5, 0.6) is 5.75 Å². The Morgan fingerprint density at radius 1 is 1.12 bits per heavy atom. The number of rotatable bonds is 6. The number of ether oxygens (including phenoxy) is 1. The summed E-state index contributed by atoms with van der Waals surface area (Å²) in [6.45, 7) is 5.10. The van der Waals surface area contributed by atoms with Crippen molar-refractivity contribution in [2.75, 3.05) is 0 Å². The van der Waals surface area contributed by atoms with Gasteiger partial charge in [-0.3, -0.25) is 0 Å². The van der Waals surface area contributed by atoms with Gasteiger partial charge in [0.2, 0.25) is 0 Å². The van der Waals surface area contributed by atoms with Crippen LogP contribution in [0.2, 0.25) is 0 Å². The topological polar surface area (TPSA) is 75.7 Å². The van der Waals surface area contributed by atoms with Crippen LogP contribution in [-0.2, 0) is 9.99 Å². The summed E-state index contributed by atoms with van der Waals surface area (Å²) in [6, 6.07) is 13.7. The molecule has 2 aromatic carbocycles. The van der Waals surface area contributed by atoms with E-state index in [1.165, 1.54) is 6.07 Å². The Morgan fingerprint density at radius 3 is 2.38 bits per heavy atom. The molecular formula is C19H21O5. The number of hydrogen-bond donors (Lipinski definition) is 1. The molecule has 0 saturated heterocycles. The molecule has 0 aromatic heterocycles. The number of carbonyl (C=O) groups is 1. The third-order valence-corrected chi connectivity index (χ3v) is 3.55. The van der Waals surface area contributed by atoms with Crippen molar-refractivity contribution < 1.29 is 24.8 Å². The Balaban J connectivity index is 2.42. The van der Waals surface area contributed by atoms with Gasteiger partial charge in [0.15, 0.2) is 5.75 Å². The van der Waals surface area contributed by atoms with E-state index in [0.29, 0.717) is 17.5 Å². The van der Waals surface area contributed by atoms with Crippen LogP contribution in [0.4, 0.5) is 0 Å². The van der Waals surface area contributed by atoms with Gasteiger partial charge in [-0.1, -0.05) is 36.4 Å². The van der Waals surface area contributed by atoms with Crippen LogP contribution in [0.25, 0.3) is 11.1 Å². The zero-order chi connectivity index (χ0) is 17.7. The van der Waals surface area contributed by atoms with E-state index in [-0.39, 0.29) is 11.3 Å². The summed E-state index contributed by atoms with van der Waals surface area (Å²) < 4.78 is 5.54. The Bertz CT molecular complexity index is 692. The normalized spacial score (nSPS) is 12.5. The molecule has 127 valence electrons. The monoisotopic (exact) mass is 329 g/mol. The number of aliphatic hydroxyl groups excluding tert-OH is 1. The van der Waals surface area contributed by atoms with Gasteiger partial charge < -0.3 is 14.7 Å². The van der Waals surface area contributed by atoms with Crippen LogP contribution in [0.1, 0.15) is 37.6 Å². The lowest BCUT2D eigenvalue weighted by molar-refractivity contribution is -0.208. The number of carbonyl (C=O) groups excluding carboxylic acids is 1. The number of hydrogen-bond acceptors (Lipinski definition) is 4. The molecule has 0 aliphatic carbocycles. The Hall–Kier alpha value is -2.37.